The summed E-state index contributed by atoms with van der Waals surface area (Å²) in [5.74, 6) is 0.252. The van der Waals surface area contributed by atoms with Crippen molar-refractivity contribution in [3.63, 3.8) is 0 Å². The van der Waals surface area contributed by atoms with Gasteiger partial charge in [-0.1, -0.05) is 0 Å². The van der Waals surface area contributed by atoms with E-state index in [1.165, 1.54) is 23.7 Å². The number of imidazole rings is 1. The van der Waals surface area contributed by atoms with Gasteiger partial charge in [-0.25, -0.2) is 18.2 Å². The maximum atomic E-state index is 12.6. The Kier molecular flexibility index (Phi) is 3.75. The number of methoxy groups -OCH3 is 1. The van der Waals surface area contributed by atoms with E-state index in [4.69, 9.17) is 0 Å². The summed E-state index contributed by atoms with van der Waals surface area (Å²) in [6, 6.07) is 1.29. The van der Waals surface area contributed by atoms with E-state index in [-0.39, 0.29) is 16.5 Å². The van der Waals surface area contributed by atoms with Crippen molar-refractivity contribution in [3.8, 4) is 0 Å². The first kappa shape index (κ1) is 14.8. The molecule has 0 radical (unpaired) electrons. The molecule has 0 saturated carbocycles. The molecular weight excluding hydrogens is 308 g/mol. The van der Waals surface area contributed by atoms with Gasteiger partial charge in [-0.15, -0.1) is 0 Å². The summed E-state index contributed by atoms with van der Waals surface area (Å²) in [6.07, 6.45) is 5.39. The van der Waals surface area contributed by atoms with E-state index < -0.39 is 16.0 Å². The summed E-state index contributed by atoms with van der Waals surface area (Å²) in [5, 5.41) is 0. The van der Waals surface area contributed by atoms with Crippen LogP contribution in [0.2, 0.25) is 0 Å². The molecule has 0 bridgehead atoms. The lowest BCUT2D eigenvalue weighted by molar-refractivity contribution is 0.0595. The Morgan fingerprint density at radius 1 is 1.45 bits per heavy atom. The highest BCUT2D eigenvalue weighted by Crippen LogP contribution is 2.29. The zero-order valence-corrected chi connectivity index (χ0v) is 12.8. The summed E-state index contributed by atoms with van der Waals surface area (Å²) < 4.78 is 31.2. The van der Waals surface area contributed by atoms with Gasteiger partial charge >= 0.3 is 5.97 Å². The Hall–Kier alpha value is -2.13. The second-order valence-corrected chi connectivity index (χ2v) is 7.00. The molecule has 2 aromatic rings. The summed E-state index contributed by atoms with van der Waals surface area (Å²) >= 11 is 0. The first-order valence-electron chi connectivity index (χ1n) is 6.78. The van der Waals surface area contributed by atoms with Crippen molar-refractivity contribution in [3.05, 3.63) is 36.2 Å². The van der Waals surface area contributed by atoms with Crippen LogP contribution in [-0.4, -0.2) is 53.8 Å². The number of hydrogen-bond acceptors (Lipinski definition) is 5. The monoisotopic (exact) mass is 324 g/mol. The molecule has 1 fully saturated rings. The second kappa shape index (κ2) is 5.58. The number of nitrogens with one attached hydrogen (secondary N) is 2. The quantitative estimate of drug-likeness (QED) is 0.805. The minimum atomic E-state index is -3.63. The number of rotatable bonds is 4. The predicted octanol–water partition coefficient (Wildman–Crippen LogP) is 0.703. The minimum Gasteiger partial charge on any atom is -0.464 e. The van der Waals surface area contributed by atoms with Gasteiger partial charge in [0.15, 0.2) is 0 Å². The van der Waals surface area contributed by atoms with Crippen LogP contribution in [0, 0.1) is 0 Å². The van der Waals surface area contributed by atoms with Gasteiger partial charge in [-0.2, -0.15) is 4.31 Å². The molecule has 0 spiro atoms. The van der Waals surface area contributed by atoms with Gasteiger partial charge in [0.05, 0.1) is 7.11 Å². The Balaban J connectivity index is 1.79. The smallest absolute Gasteiger partial charge is 0.354 e. The third kappa shape index (κ3) is 2.53. The summed E-state index contributed by atoms with van der Waals surface area (Å²) in [6.45, 7) is 0.793. The van der Waals surface area contributed by atoms with Crippen LogP contribution in [0.3, 0.4) is 0 Å². The van der Waals surface area contributed by atoms with E-state index in [1.807, 2.05) is 0 Å². The van der Waals surface area contributed by atoms with Crippen LogP contribution in [0.5, 0.6) is 0 Å². The number of hydrogen-bond donors (Lipinski definition) is 2. The standard InChI is InChI=1S/C13H16N4O4S/c1-21-13(18)11-6-10(7-16-11)22(19,20)17-5-2-9(8-17)12-14-3-4-15-12/h3-4,6-7,9,16H,2,5,8H2,1H3,(H,14,15). The number of sulfonamides is 1. The Morgan fingerprint density at radius 3 is 2.95 bits per heavy atom. The van der Waals surface area contributed by atoms with Crippen LogP contribution >= 0.6 is 0 Å². The van der Waals surface area contributed by atoms with E-state index in [9.17, 15) is 13.2 Å². The van der Waals surface area contributed by atoms with Gasteiger partial charge in [0.1, 0.15) is 16.4 Å². The van der Waals surface area contributed by atoms with Crippen molar-refractivity contribution < 1.29 is 17.9 Å². The highest BCUT2D eigenvalue weighted by atomic mass is 32.2. The maximum Gasteiger partial charge on any atom is 0.354 e. The molecule has 3 heterocycles. The number of aromatic nitrogens is 3. The number of H-pyrrole nitrogens is 2. The molecule has 22 heavy (non-hydrogen) atoms. The third-order valence-corrected chi connectivity index (χ3v) is 5.60. The van der Waals surface area contributed by atoms with Crippen molar-refractivity contribution >= 4 is 16.0 Å². The maximum absolute atomic E-state index is 12.6. The van der Waals surface area contributed by atoms with E-state index in [1.54, 1.807) is 12.4 Å². The molecule has 8 nitrogen and oxygen atoms in total. The molecule has 1 atom stereocenters. The van der Waals surface area contributed by atoms with Crippen LogP contribution in [-0.2, 0) is 14.8 Å². The number of carbonyl (C=O) groups is 1. The Labute approximate surface area is 127 Å². The lowest BCUT2D eigenvalue weighted by Crippen LogP contribution is -2.28. The fourth-order valence-electron chi connectivity index (χ4n) is 2.57. The van der Waals surface area contributed by atoms with Crippen molar-refractivity contribution in [1.82, 2.24) is 19.3 Å². The molecule has 1 unspecified atom stereocenters. The highest BCUT2D eigenvalue weighted by molar-refractivity contribution is 7.89. The highest BCUT2D eigenvalue weighted by Gasteiger charge is 2.35. The number of carbonyl (C=O) groups excluding carboxylic acids is 1. The van der Waals surface area contributed by atoms with E-state index in [0.717, 1.165) is 5.82 Å². The zero-order chi connectivity index (χ0) is 15.7. The topological polar surface area (TPSA) is 108 Å². The van der Waals surface area contributed by atoms with Gasteiger partial charge in [0.25, 0.3) is 0 Å². The first-order chi connectivity index (χ1) is 10.5. The average Bonchev–Trinajstić information content (AvgIpc) is 3.25. The summed E-state index contributed by atoms with van der Waals surface area (Å²) in [4.78, 5) is 21.3. The SMILES string of the molecule is COC(=O)c1cc(S(=O)(=O)N2CCC(c3ncc[nH]3)C2)c[nH]1. The van der Waals surface area contributed by atoms with Crippen molar-refractivity contribution in [2.45, 2.75) is 17.2 Å². The molecule has 1 saturated heterocycles. The molecule has 1 aliphatic rings. The fourth-order valence-corrected chi connectivity index (χ4v) is 4.07. The van der Waals surface area contributed by atoms with Crippen molar-refractivity contribution in [2.24, 2.45) is 0 Å². The van der Waals surface area contributed by atoms with Crippen LogP contribution in [0.15, 0.2) is 29.6 Å². The number of ether oxygens (including phenoxy) is 1. The van der Waals surface area contributed by atoms with Crippen LogP contribution in [0.25, 0.3) is 0 Å². The van der Waals surface area contributed by atoms with Crippen LogP contribution in [0.4, 0.5) is 0 Å². The van der Waals surface area contributed by atoms with Crippen LogP contribution < -0.4 is 0 Å². The zero-order valence-electron chi connectivity index (χ0n) is 11.9. The second-order valence-electron chi connectivity index (χ2n) is 5.06. The molecule has 2 aromatic heterocycles. The Bertz CT molecular complexity index is 766. The van der Waals surface area contributed by atoms with Gasteiger partial charge in [-0.3, -0.25) is 0 Å². The van der Waals surface area contributed by atoms with E-state index in [0.29, 0.717) is 19.5 Å². The Morgan fingerprint density at radius 2 is 2.27 bits per heavy atom. The summed E-state index contributed by atoms with van der Waals surface area (Å²) in [5.41, 5.74) is 0.114. The van der Waals surface area contributed by atoms with E-state index >= 15 is 0 Å². The minimum absolute atomic E-state index is 0.0591. The summed E-state index contributed by atoms with van der Waals surface area (Å²) in [7, 11) is -2.39. The molecule has 3 rings (SSSR count). The molecular formula is C13H16N4O4S. The lowest BCUT2D eigenvalue weighted by Gasteiger charge is -2.14. The number of aromatic amines is 2. The molecule has 0 aromatic carbocycles. The molecule has 0 aliphatic carbocycles. The van der Waals surface area contributed by atoms with Crippen molar-refractivity contribution in [1.29, 1.82) is 0 Å². The normalized spacial score (nSPS) is 19.4. The fraction of sp³-hybridized carbons (Fsp3) is 0.385. The van der Waals surface area contributed by atoms with Gasteiger partial charge < -0.3 is 14.7 Å². The largest absolute Gasteiger partial charge is 0.464 e. The molecule has 1 aliphatic heterocycles. The van der Waals surface area contributed by atoms with Gasteiger partial charge in [0, 0.05) is 37.6 Å². The van der Waals surface area contributed by atoms with Crippen molar-refractivity contribution in [2.75, 3.05) is 20.2 Å². The third-order valence-electron chi connectivity index (χ3n) is 3.76. The molecule has 118 valence electrons. The van der Waals surface area contributed by atoms with Crippen LogP contribution in [0.1, 0.15) is 28.7 Å². The van der Waals surface area contributed by atoms with Gasteiger partial charge in [0.2, 0.25) is 10.0 Å². The van der Waals surface area contributed by atoms with Gasteiger partial charge in [-0.05, 0) is 12.5 Å². The number of nitrogens with zero attached hydrogens (tertiary/aromatic N) is 2. The average molecular weight is 324 g/mol. The lowest BCUT2D eigenvalue weighted by atomic mass is 10.1. The first-order valence-corrected chi connectivity index (χ1v) is 8.22. The molecule has 0 amide bonds. The molecule has 2 N–H and O–H groups in total. The molecule has 9 heteroatoms. The van der Waals surface area contributed by atoms with E-state index in [2.05, 4.69) is 19.7 Å². The number of esters is 1. The predicted molar refractivity (Wildman–Crippen MR) is 76.8 cm³/mol.